The van der Waals surface area contributed by atoms with Crippen molar-refractivity contribution in [2.45, 2.75) is 25.6 Å². The van der Waals surface area contributed by atoms with Crippen LogP contribution < -0.4 is 19.5 Å². The van der Waals surface area contributed by atoms with Crippen molar-refractivity contribution in [2.24, 2.45) is 0 Å². The Morgan fingerprint density at radius 3 is 2.79 bits per heavy atom. The Morgan fingerprint density at radius 1 is 1.10 bits per heavy atom. The minimum atomic E-state index is -1.22. The van der Waals surface area contributed by atoms with Gasteiger partial charge in [0, 0.05) is 16.1 Å². The van der Waals surface area contributed by atoms with E-state index in [0.717, 1.165) is 10.5 Å². The third-order valence-electron chi connectivity index (χ3n) is 5.31. The van der Waals surface area contributed by atoms with Crippen molar-refractivity contribution in [3.8, 4) is 17.2 Å². The molecule has 0 aromatic heterocycles. The number of imide groups is 1. The van der Waals surface area contributed by atoms with E-state index in [9.17, 15) is 9.59 Å². The Balaban J connectivity index is 1.47. The van der Waals surface area contributed by atoms with Gasteiger partial charge in [0.15, 0.2) is 18.3 Å². The lowest BCUT2D eigenvalue weighted by Gasteiger charge is -2.24. The molecular weight excluding hydrogens is 400 g/mol. The van der Waals surface area contributed by atoms with Crippen LogP contribution in [0.2, 0.25) is 5.02 Å². The summed E-state index contributed by atoms with van der Waals surface area (Å²) in [5, 5.41) is 3.28. The van der Waals surface area contributed by atoms with Crippen LogP contribution in [0.5, 0.6) is 17.2 Å². The van der Waals surface area contributed by atoms with Gasteiger partial charge in [0.25, 0.3) is 5.91 Å². The number of amides is 3. The monoisotopic (exact) mass is 416 g/mol. The van der Waals surface area contributed by atoms with E-state index in [4.69, 9.17) is 30.5 Å². The Hall–Kier alpha value is -2.97. The predicted molar refractivity (Wildman–Crippen MR) is 101 cm³/mol. The quantitative estimate of drug-likeness (QED) is 0.774. The van der Waals surface area contributed by atoms with Gasteiger partial charge in [-0.3, -0.25) is 9.69 Å². The van der Waals surface area contributed by atoms with Crippen molar-refractivity contribution >= 4 is 23.5 Å². The number of benzene rings is 2. The molecule has 0 unspecified atom stereocenters. The number of nitrogens with one attached hydrogen (secondary N) is 1. The first-order valence-corrected chi connectivity index (χ1v) is 9.39. The number of carbonyl (C=O) groups excluding carboxylic acids is 2. The first kappa shape index (κ1) is 18.1. The van der Waals surface area contributed by atoms with E-state index in [-0.39, 0.29) is 26.0 Å². The van der Waals surface area contributed by atoms with Gasteiger partial charge in [-0.1, -0.05) is 17.7 Å². The summed E-state index contributed by atoms with van der Waals surface area (Å²) >= 11 is 6.21. The summed E-state index contributed by atoms with van der Waals surface area (Å²) in [7, 11) is 0. The van der Waals surface area contributed by atoms with E-state index >= 15 is 0 Å². The van der Waals surface area contributed by atoms with Gasteiger partial charge in [0.05, 0.1) is 13.2 Å². The fraction of sp³-hybridized carbons (Fsp3) is 0.300. The second-order valence-corrected chi connectivity index (χ2v) is 7.61. The van der Waals surface area contributed by atoms with Crippen molar-refractivity contribution in [3.05, 3.63) is 52.0 Å². The molecule has 29 heavy (non-hydrogen) atoms. The lowest BCUT2D eigenvalue weighted by Crippen LogP contribution is -2.40. The molecule has 2 aromatic rings. The molecule has 5 rings (SSSR count). The number of hydrogen-bond donors (Lipinski definition) is 1. The number of ether oxygens (including phenoxy) is 4. The highest BCUT2D eigenvalue weighted by Crippen LogP contribution is 2.39. The Kier molecular flexibility index (Phi) is 4.07. The zero-order valence-corrected chi connectivity index (χ0v) is 16.2. The van der Waals surface area contributed by atoms with Crippen molar-refractivity contribution in [3.63, 3.8) is 0 Å². The first-order valence-electron chi connectivity index (χ1n) is 9.02. The molecule has 0 bridgehead atoms. The van der Waals surface area contributed by atoms with E-state index in [1.54, 1.807) is 37.3 Å². The third kappa shape index (κ3) is 2.87. The van der Waals surface area contributed by atoms with Crippen LogP contribution in [-0.4, -0.2) is 30.4 Å². The second-order valence-electron chi connectivity index (χ2n) is 7.18. The van der Waals surface area contributed by atoms with Gasteiger partial charge in [-0.15, -0.1) is 0 Å². The normalized spacial score (nSPS) is 22.3. The van der Waals surface area contributed by atoms with Gasteiger partial charge >= 0.3 is 6.03 Å². The molecule has 1 saturated heterocycles. The molecule has 8 nitrogen and oxygen atoms in total. The molecular formula is C20H17ClN2O6. The number of fused-ring (bicyclic) bond motifs is 2. The lowest BCUT2D eigenvalue weighted by atomic mass is 9.91. The maximum atomic E-state index is 13.3. The van der Waals surface area contributed by atoms with Gasteiger partial charge in [0.1, 0.15) is 11.3 Å². The van der Waals surface area contributed by atoms with Crippen molar-refractivity contribution in [1.82, 2.24) is 10.2 Å². The summed E-state index contributed by atoms with van der Waals surface area (Å²) in [5.41, 5.74) is 0.819. The van der Waals surface area contributed by atoms with Crippen LogP contribution in [0.3, 0.4) is 0 Å². The second kappa shape index (κ2) is 6.53. The maximum absolute atomic E-state index is 13.3. The SMILES string of the molecule is C[C@]1(c2ccc3c(c2)OCO3)NC(=O)N(Cc2cc(Cl)cc3c2OCOC3)C1=O. The van der Waals surface area contributed by atoms with Gasteiger partial charge in [-0.25, -0.2) is 4.79 Å². The van der Waals surface area contributed by atoms with Crippen LogP contribution in [0.1, 0.15) is 23.6 Å². The third-order valence-corrected chi connectivity index (χ3v) is 5.52. The van der Waals surface area contributed by atoms with Crippen molar-refractivity contribution in [2.75, 3.05) is 13.6 Å². The smallest absolute Gasteiger partial charge is 0.325 e. The van der Waals surface area contributed by atoms with E-state index in [1.807, 2.05) is 0 Å². The van der Waals surface area contributed by atoms with Crippen molar-refractivity contribution < 1.29 is 28.5 Å². The summed E-state index contributed by atoms with van der Waals surface area (Å²) in [4.78, 5) is 27.1. The van der Waals surface area contributed by atoms with Gasteiger partial charge in [-0.05, 0) is 36.8 Å². The number of rotatable bonds is 3. The van der Waals surface area contributed by atoms with E-state index in [0.29, 0.717) is 40.0 Å². The Labute approximate surface area is 171 Å². The minimum absolute atomic E-state index is 0.0354. The average molecular weight is 417 g/mol. The molecule has 3 amide bonds. The molecule has 0 spiro atoms. The molecule has 150 valence electrons. The molecule has 3 aliphatic rings. The molecule has 3 heterocycles. The zero-order chi connectivity index (χ0) is 20.2. The van der Waals surface area contributed by atoms with Crippen LogP contribution in [0.4, 0.5) is 4.79 Å². The van der Waals surface area contributed by atoms with Crippen LogP contribution in [0.25, 0.3) is 0 Å². The molecule has 9 heteroatoms. The number of hydrogen-bond acceptors (Lipinski definition) is 6. The Bertz CT molecular complexity index is 1040. The van der Waals surface area contributed by atoms with E-state index in [1.165, 1.54) is 0 Å². The standard InChI is InChI=1S/C20H17ClN2O6/c1-20(13-2-3-15-16(6-13)28-10-27-15)18(24)23(19(25)22-20)7-11-4-14(21)5-12-8-26-9-29-17(11)12/h2-6H,7-10H2,1H3,(H,22,25)/t20-/m1/s1. The minimum Gasteiger partial charge on any atom is -0.467 e. The molecule has 0 saturated carbocycles. The van der Waals surface area contributed by atoms with Gasteiger partial charge in [-0.2, -0.15) is 0 Å². The van der Waals surface area contributed by atoms with Crippen LogP contribution in [0, 0.1) is 0 Å². The van der Waals surface area contributed by atoms with Gasteiger partial charge in [0.2, 0.25) is 6.79 Å². The van der Waals surface area contributed by atoms with E-state index < -0.39 is 11.6 Å². The van der Waals surface area contributed by atoms with Crippen LogP contribution in [0.15, 0.2) is 30.3 Å². The summed E-state index contributed by atoms with van der Waals surface area (Å²) in [6, 6.07) is 8.15. The van der Waals surface area contributed by atoms with Crippen LogP contribution >= 0.6 is 11.6 Å². The molecule has 0 radical (unpaired) electrons. The number of halogens is 1. The predicted octanol–water partition coefficient (Wildman–Crippen LogP) is 2.90. The molecule has 1 atom stereocenters. The summed E-state index contributed by atoms with van der Waals surface area (Å²) < 4.78 is 21.6. The first-order chi connectivity index (χ1) is 14.0. The fourth-order valence-electron chi connectivity index (χ4n) is 3.79. The highest BCUT2D eigenvalue weighted by Gasteiger charge is 2.49. The molecule has 2 aromatic carbocycles. The largest absolute Gasteiger partial charge is 0.467 e. The number of nitrogens with zero attached hydrogens (tertiary/aromatic N) is 1. The van der Waals surface area contributed by atoms with Crippen molar-refractivity contribution in [1.29, 1.82) is 0 Å². The molecule has 1 N–H and O–H groups in total. The van der Waals surface area contributed by atoms with E-state index in [2.05, 4.69) is 5.32 Å². The summed E-state index contributed by atoms with van der Waals surface area (Å²) in [6.45, 7) is 2.30. The lowest BCUT2D eigenvalue weighted by molar-refractivity contribution is -0.131. The topological polar surface area (TPSA) is 86.3 Å². The summed E-state index contributed by atoms with van der Waals surface area (Å²) in [6.07, 6.45) is 0. The maximum Gasteiger partial charge on any atom is 0.325 e. The highest BCUT2D eigenvalue weighted by molar-refractivity contribution is 6.30. The summed E-state index contributed by atoms with van der Waals surface area (Å²) in [5.74, 6) is 1.37. The van der Waals surface area contributed by atoms with Gasteiger partial charge < -0.3 is 24.3 Å². The molecule has 0 aliphatic carbocycles. The molecule has 1 fully saturated rings. The average Bonchev–Trinajstić information content (AvgIpc) is 3.26. The fourth-order valence-corrected chi connectivity index (χ4v) is 4.05. The number of carbonyl (C=O) groups is 2. The number of urea groups is 1. The Morgan fingerprint density at radius 2 is 1.93 bits per heavy atom. The highest BCUT2D eigenvalue weighted by atomic mass is 35.5. The molecule has 3 aliphatic heterocycles. The zero-order valence-electron chi connectivity index (χ0n) is 15.5. The van der Waals surface area contributed by atoms with Crippen LogP contribution in [-0.2, 0) is 28.2 Å².